The van der Waals surface area contributed by atoms with E-state index in [4.69, 9.17) is 0 Å². The lowest BCUT2D eigenvalue weighted by Gasteiger charge is -1.79. The van der Waals surface area contributed by atoms with E-state index < -0.39 is 0 Å². The van der Waals surface area contributed by atoms with Gasteiger partial charge in [-0.05, 0) is 20.0 Å². The minimum absolute atomic E-state index is 1.27. The van der Waals surface area contributed by atoms with Gasteiger partial charge in [0, 0.05) is 0 Å². The summed E-state index contributed by atoms with van der Waals surface area (Å²) < 4.78 is 0. The van der Waals surface area contributed by atoms with Crippen molar-refractivity contribution in [2.75, 3.05) is 6.16 Å². The highest BCUT2D eigenvalue weighted by Crippen LogP contribution is 1.94. The van der Waals surface area contributed by atoms with Crippen LogP contribution in [-0.2, 0) is 0 Å². The van der Waals surface area contributed by atoms with E-state index in [1.165, 1.54) is 19.7 Å². The van der Waals surface area contributed by atoms with Crippen molar-refractivity contribution in [3.63, 3.8) is 0 Å². The fourth-order valence-electron chi connectivity index (χ4n) is 0.316. The number of rotatable bonds is 1. The molecule has 0 aromatic heterocycles. The van der Waals surface area contributed by atoms with Gasteiger partial charge in [-0.1, -0.05) is 12.2 Å². The molecule has 0 aromatic carbocycles. The average Bonchev–Trinajstić information content (AvgIpc) is 1.35. The first-order valence-electron chi connectivity index (χ1n) is 2.25. The van der Waals surface area contributed by atoms with Crippen LogP contribution in [0.4, 0.5) is 0 Å². The first kappa shape index (κ1) is 6.17. The van der Waals surface area contributed by atoms with Gasteiger partial charge in [-0.2, -0.15) is 0 Å². The summed E-state index contributed by atoms with van der Waals surface area (Å²) in [7, 11) is 1.50. The van der Waals surface area contributed by atoms with Gasteiger partial charge in [0.05, 0.1) is 0 Å². The number of hydrogen-bond donors (Lipinski definition) is 0. The van der Waals surface area contributed by atoms with Crippen molar-refractivity contribution >= 4 is 13.5 Å². The lowest BCUT2D eigenvalue weighted by atomic mass is 10.6. The van der Waals surface area contributed by atoms with Crippen LogP contribution in [0.15, 0.2) is 0 Å². The zero-order valence-electron chi connectivity index (χ0n) is 4.65. The van der Waals surface area contributed by atoms with Gasteiger partial charge in [0.15, 0.2) is 0 Å². The zero-order valence-corrected chi connectivity index (χ0v) is 5.55. The summed E-state index contributed by atoms with van der Waals surface area (Å²) in [5.74, 6) is 0. The smallest absolute Gasteiger partial charge is 0.0135 e. The predicted octanol–water partition coefficient (Wildman–Crippen LogP) is 2.16. The average molecular weight is 102 g/mol. The molecular formula is C5H11P. The van der Waals surface area contributed by atoms with Crippen LogP contribution < -0.4 is 0 Å². The molecule has 0 spiro atoms. The summed E-state index contributed by atoms with van der Waals surface area (Å²) in [5.41, 5.74) is 0. The van der Waals surface area contributed by atoms with Crippen LogP contribution in [0.5, 0.6) is 0 Å². The van der Waals surface area contributed by atoms with Crippen molar-refractivity contribution in [3.8, 4) is 0 Å². The molecule has 0 rings (SSSR count). The Bertz CT molecular complexity index is 51.0. The fraction of sp³-hybridized carbons (Fsp3) is 0.800. The highest BCUT2D eigenvalue weighted by Gasteiger charge is 1.68. The van der Waals surface area contributed by atoms with Crippen molar-refractivity contribution in [3.05, 3.63) is 0 Å². The Labute approximate surface area is 41.4 Å². The van der Waals surface area contributed by atoms with E-state index in [0.717, 1.165) is 0 Å². The van der Waals surface area contributed by atoms with Gasteiger partial charge in [0.2, 0.25) is 0 Å². The Kier molecular flexibility index (Phi) is 3.46. The molecule has 0 unspecified atom stereocenters. The molecule has 0 radical (unpaired) electrons. The minimum atomic E-state index is 1.27. The van der Waals surface area contributed by atoms with E-state index in [0.29, 0.717) is 0 Å². The van der Waals surface area contributed by atoms with Crippen molar-refractivity contribution in [1.29, 1.82) is 0 Å². The third-order valence-corrected chi connectivity index (χ3v) is 1.42. The summed E-state index contributed by atoms with van der Waals surface area (Å²) >= 11 is 0. The highest BCUT2D eigenvalue weighted by atomic mass is 31.1. The van der Waals surface area contributed by atoms with Gasteiger partial charge < -0.3 is 0 Å². The third kappa shape index (κ3) is 4.17. The largest absolute Gasteiger partial charge is 0.106 e. The monoisotopic (exact) mass is 102 g/mol. The Hall–Kier alpha value is 0.170. The molecule has 0 aliphatic rings. The fourth-order valence-corrected chi connectivity index (χ4v) is 0.949. The van der Waals surface area contributed by atoms with Crippen LogP contribution in [0, 0.1) is 0 Å². The lowest BCUT2D eigenvalue weighted by molar-refractivity contribution is 1.53. The van der Waals surface area contributed by atoms with Crippen molar-refractivity contribution < 1.29 is 0 Å². The van der Waals surface area contributed by atoms with Crippen molar-refractivity contribution in [1.82, 2.24) is 0 Å². The Morgan fingerprint density at radius 1 is 1.50 bits per heavy atom. The van der Waals surface area contributed by atoms with Crippen LogP contribution in [-0.4, -0.2) is 11.5 Å². The maximum atomic E-state index is 2.19. The summed E-state index contributed by atoms with van der Waals surface area (Å²) in [6.07, 6.45) is 1.27. The molecule has 6 heavy (non-hydrogen) atoms. The molecule has 0 heterocycles. The second-order valence-corrected chi connectivity index (χ2v) is 3.26. The molecule has 1 heteroatoms. The predicted molar refractivity (Wildman–Crippen MR) is 33.8 cm³/mol. The quantitative estimate of drug-likeness (QED) is 0.445. The van der Waals surface area contributed by atoms with E-state index in [1.54, 1.807) is 0 Å². The maximum Gasteiger partial charge on any atom is -0.0135 e. The Morgan fingerprint density at radius 3 is 2.00 bits per heavy atom. The normalized spacial score (nSPS) is 9.17. The van der Waals surface area contributed by atoms with Crippen LogP contribution in [0.3, 0.4) is 0 Å². The molecule has 0 saturated heterocycles. The second-order valence-electron chi connectivity index (χ2n) is 1.42. The zero-order chi connectivity index (χ0) is 4.99. The number of hydrogen-bond acceptors (Lipinski definition) is 0. The summed E-state index contributed by atoms with van der Waals surface area (Å²) in [6, 6.07) is 0. The molecule has 0 N–H and O–H groups in total. The third-order valence-electron chi connectivity index (χ3n) is 0.474. The minimum Gasteiger partial charge on any atom is -0.106 e. The first-order valence-corrected chi connectivity index (χ1v) is 3.33. The molecule has 0 saturated carbocycles. The lowest BCUT2D eigenvalue weighted by Crippen LogP contribution is -1.70. The first-order chi connectivity index (χ1) is 2.77. The van der Waals surface area contributed by atoms with Crippen LogP contribution in [0.25, 0.3) is 0 Å². The molecule has 0 aromatic rings. The van der Waals surface area contributed by atoms with E-state index in [9.17, 15) is 0 Å². The molecule has 0 fully saturated rings. The molecule has 0 amide bonds. The highest BCUT2D eigenvalue weighted by molar-refractivity contribution is 7.40. The van der Waals surface area contributed by atoms with E-state index >= 15 is 0 Å². The van der Waals surface area contributed by atoms with Gasteiger partial charge in [0.25, 0.3) is 0 Å². The van der Waals surface area contributed by atoms with Gasteiger partial charge in [-0.15, -0.1) is 8.20 Å². The van der Waals surface area contributed by atoms with E-state index in [1.807, 2.05) is 0 Å². The van der Waals surface area contributed by atoms with E-state index in [2.05, 4.69) is 20.8 Å². The van der Waals surface area contributed by atoms with Gasteiger partial charge in [-0.25, -0.2) is 0 Å². The Balaban J connectivity index is 3.14. The van der Waals surface area contributed by atoms with Crippen molar-refractivity contribution in [2.45, 2.75) is 20.8 Å². The molecule has 0 aliphatic carbocycles. The molecule has 0 atom stereocenters. The molecule has 0 nitrogen and oxygen atoms in total. The van der Waals surface area contributed by atoms with Crippen LogP contribution >= 0.6 is 8.20 Å². The molecular weight excluding hydrogens is 91.0 g/mol. The second kappa shape index (κ2) is 3.36. The summed E-state index contributed by atoms with van der Waals surface area (Å²) in [6.45, 7) is 6.50. The standard InChI is InChI=1S/C5H11P/c1-4-6-5(2)3/h4H2,1-3H3. The van der Waals surface area contributed by atoms with Crippen LogP contribution in [0.2, 0.25) is 0 Å². The van der Waals surface area contributed by atoms with Gasteiger partial charge >= 0.3 is 0 Å². The van der Waals surface area contributed by atoms with E-state index in [-0.39, 0.29) is 0 Å². The summed E-state index contributed by atoms with van der Waals surface area (Å²) in [5, 5.41) is 1.51. The topological polar surface area (TPSA) is 0 Å². The van der Waals surface area contributed by atoms with Crippen molar-refractivity contribution in [2.24, 2.45) is 0 Å². The van der Waals surface area contributed by atoms with Gasteiger partial charge in [-0.3, -0.25) is 0 Å². The SMILES string of the molecule is CCP=C(C)C. The molecule has 36 valence electrons. The molecule has 0 bridgehead atoms. The van der Waals surface area contributed by atoms with Gasteiger partial charge in [0.1, 0.15) is 0 Å². The van der Waals surface area contributed by atoms with Crippen LogP contribution in [0.1, 0.15) is 20.8 Å². The maximum absolute atomic E-state index is 2.19. The Morgan fingerprint density at radius 2 is 2.00 bits per heavy atom. The molecule has 0 aliphatic heterocycles. The summed E-state index contributed by atoms with van der Waals surface area (Å²) in [4.78, 5) is 0.